The molecular formula is C14H18FNO. The van der Waals surface area contributed by atoms with Crippen molar-refractivity contribution in [3.63, 3.8) is 0 Å². The van der Waals surface area contributed by atoms with Crippen molar-refractivity contribution >= 4 is 0 Å². The van der Waals surface area contributed by atoms with Gasteiger partial charge >= 0.3 is 0 Å². The van der Waals surface area contributed by atoms with E-state index in [0.29, 0.717) is 30.5 Å². The molecule has 0 aliphatic carbocycles. The number of fused-ring (bicyclic) bond motifs is 2. The molecule has 0 saturated carbocycles. The van der Waals surface area contributed by atoms with E-state index in [1.807, 2.05) is 13.0 Å². The molecule has 2 atom stereocenters. The Hall–Kier alpha value is -0.930. The fraction of sp³-hybridized carbons (Fsp3) is 0.571. The predicted octanol–water partition coefficient (Wildman–Crippen LogP) is 2.24. The maximum absolute atomic E-state index is 14.0. The first-order valence-electron chi connectivity index (χ1n) is 6.32. The van der Waals surface area contributed by atoms with Crippen LogP contribution < -0.4 is 5.32 Å². The van der Waals surface area contributed by atoms with Gasteiger partial charge in [-0.15, -0.1) is 0 Å². The Morgan fingerprint density at radius 2 is 1.94 bits per heavy atom. The standard InChI is InChI=1S/C14H18FNO/c1-9-3-2-4-12(15)13(9)14(17)7-10-5-6-11(8-14)16-10/h2-4,10-11,16-17H,5-8H2,1H3. The summed E-state index contributed by atoms with van der Waals surface area (Å²) in [6, 6.07) is 5.72. The second-order valence-electron chi connectivity index (χ2n) is 5.51. The topological polar surface area (TPSA) is 32.3 Å². The molecule has 2 heterocycles. The largest absolute Gasteiger partial charge is 0.385 e. The van der Waals surface area contributed by atoms with Crippen LogP contribution in [0.4, 0.5) is 4.39 Å². The number of benzene rings is 1. The zero-order valence-electron chi connectivity index (χ0n) is 10.0. The SMILES string of the molecule is Cc1cccc(F)c1C1(O)CC2CCC(C1)N2. The van der Waals surface area contributed by atoms with Crippen LogP contribution in [0.1, 0.15) is 36.8 Å². The summed E-state index contributed by atoms with van der Waals surface area (Å²) in [6.45, 7) is 1.88. The molecule has 2 fully saturated rings. The minimum absolute atomic E-state index is 0.270. The Morgan fingerprint density at radius 3 is 2.53 bits per heavy atom. The summed E-state index contributed by atoms with van der Waals surface area (Å²) in [4.78, 5) is 0. The monoisotopic (exact) mass is 235 g/mol. The highest BCUT2D eigenvalue weighted by atomic mass is 19.1. The van der Waals surface area contributed by atoms with Gasteiger partial charge in [-0.1, -0.05) is 12.1 Å². The van der Waals surface area contributed by atoms with Gasteiger partial charge < -0.3 is 10.4 Å². The molecule has 92 valence electrons. The van der Waals surface area contributed by atoms with Gasteiger partial charge in [0, 0.05) is 17.6 Å². The average Bonchev–Trinajstić information content (AvgIpc) is 2.58. The normalized spacial score (nSPS) is 36.2. The minimum atomic E-state index is -0.980. The van der Waals surface area contributed by atoms with Gasteiger partial charge in [0.05, 0.1) is 5.60 Å². The number of piperidine rings is 1. The molecule has 2 saturated heterocycles. The molecule has 1 aromatic carbocycles. The number of aliphatic hydroxyl groups is 1. The zero-order valence-corrected chi connectivity index (χ0v) is 10.0. The summed E-state index contributed by atoms with van der Waals surface area (Å²) in [5.41, 5.74) is 0.388. The Kier molecular flexibility index (Phi) is 2.49. The lowest BCUT2D eigenvalue weighted by atomic mass is 9.79. The van der Waals surface area contributed by atoms with Crippen LogP contribution in [-0.2, 0) is 5.60 Å². The van der Waals surface area contributed by atoms with Crippen LogP contribution in [0, 0.1) is 12.7 Å². The fourth-order valence-corrected chi connectivity index (χ4v) is 3.55. The summed E-state index contributed by atoms with van der Waals surface area (Å²) in [6.07, 6.45) is 3.46. The maximum Gasteiger partial charge on any atom is 0.129 e. The lowest BCUT2D eigenvalue weighted by Gasteiger charge is -2.38. The number of aryl methyl sites for hydroxylation is 1. The summed E-state index contributed by atoms with van der Waals surface area (Å²) in [5.74, 6) is -0.270. The maximum atomic E-state index is 14.0. The minimum Gasteiger partial charge on any atom is -0.385 e. The first-order valence-corrected chi connectivity index (χ1v) is 6.32. The highest BCUT2D eigenvalue weighted by molar-refractivity contribution is 5.34. The van der Waals surface area contributed by atoms with Crippen molar-refractivity contribution in [3.8, 4) is 0 Å². The van der Waals surface area contributed by atoms with E-state index in [-0.39, 0.29) is 5.82 Å². The molecule has 2 bridgehead atoms. The summed E-state index contributed by atoms with van der Waals surface area (Å²) in [7, 11) is 0. The highest BCUT2D eigenvalue weighted by Gasteiger charge is 2.45. The van der Waals surface area contributed by atoms with Gasteiger partial charge in [0.2, 0.25) is 0 Å². The van der Waals surface area contributed by atoms with E-state index < -0.39 is 5.60 Å². The molecule has 2 aliphatic rings. The molecular weight excluding hydrogens is 217 g/mol. The van der Waals surface area contributed by atoms with Gasteiger partial charge in [-0.2, -0.15) is 0 Å². The smallest absolute Gasteiger partial charge is 0.129 e. The number of hydrogen-bond acceptors (Lipinski definition) is 2. The molecule has 2 unspecified atom stereocenters. The van der Waals surface area contributed by atoms with Crippen molar-refractivity contribution < 1.29 is 9.50 Å². The second kappa shape index (κ2) is 3.79. The van der Waals surface area contributed by atoms with Crippen molar-refractivity contribution in [1.29, 1.82) is 0 Å². The van der Waals surface area contributed by atoms with Crippen molar-refractivity contribution in [2.45, 2.75) is 50.3 Å². The van der Waals surface area contributed by atoms with Crippen LogP contribution in [-0.4, -0.2) is 17.2 Å². The Balaban J connectivity index is 2.02. The van der Waals surface area contributed by atoms with Crippen LogP contribution >= 0.6 is 0 Å². The number of halogens is 1. The van der Waals surface area contributed by atoms with Gasteiger partial charge in [-0.3, -0.25) is 0 Å². The molecule has 2 aliphatic heterocycles. The van der Waals surface area contributed by atoms with Crippen LogP contribution in [0.5, 0.6) is 0 Å². The average molecular weight is 235 g/mol. The lowest BCUT2D eigenvalue weighted by molar-refractivity contribution is -0.0149. The van der Waals surface area contributed by atoms with E-state index in [0.717, 1.165) is 18.4 Å². The Bertz CT molecular complexity index is 414. The Labute approximate surface area is 101 Å². The molecule has 3 rings (SSSR count). The number of nitrogens with one attached hydrogen (secondary N) is 1. The van der Waals surface area contributed by atoms with Crippen LogP contribution in [0.15, 0.2) is 18.2 Å². The van der Waals surface area contributed by atoms with E-state index in [1.165, 1.54) is 6.07 Å². The van der Waals surface area contributed by atoms with Crippen LogP contribution in [0.25, 0.3) is 0 Å². The van der Waals surface area contributed by atoms with E-state index >= 15 is 0 Å². The molecule has 0 radical (unpaired) electrons. The Morgan fingerprint density at radius 1 is 1.29 bits per heavy atom. The van der Waals surface area contributed by atoms with Crippen LogP contribution in [0.2, 0.25) is 0 Å². The third-order valence-electron chi connectivity index (χ3n) is 4.19. The van der Waals surface area contributed by atoms with Gasteiger partial charge in [0.15, 0.2) is 0 Å². The molecule has 1 aromatic rings. The second-order valence-corrected chi connectivity index (χ2v) is 5.51. The molecule has 0 amide bonds. The van der Waals surface area contributed by atoms with Crippen molar-refractivity contribution in [1.82, 2.24) is 5.32 Å². The van der Waals surface area contributed by atoms with Gasteiger partial charge in [-0.05, 0) is 44.2 Å². The van der Waals surface area contributed by atoms with Gasteiger partial charge in [0.25, 0.3) is 0 Å². The number of rotatable bonds is 1. The quantitative estimate of drug-likeness (QED) is 0.782. The molecule has 0 aromatic heterocycles. The van der Waals surface area contributed by atoms with E-state index in [4.69, 9.17) is 0 Å². The summed E-state index contributed by atoms with van der Waals surface area (Å²) < 4.78 is 14.0. The van der Waals surface area contributed by atoms with Crippen molar-refractivity contribution in [2.24, 2.45) is 0 Å². The van der Waals surface area contributed by atoms with Gasteiger partial charge in [-0.25, -0.2) is 4.39 Å². The molecule has 0 spiro atoms. The predicted molar refractivity (Wildman–Crippen MR) is 64.2 cm³/mol. The molecule has 17 heavy (non-hydrogen) atoms. The van der Waals surface area contributed by atoms with Gasteiger partial charge in [0.1, 0.15) is 5.82 Å². The zero-order chi connectivity index (χ0) is 12.0. The van der Waals surface area contributed by atoms with Crippen molar-refractivity contribution in [2.75, 3.05) is 0 Å². The number of hydrogen-bond donors (Lipinski definition) is 2. The van der Waals surface area contributed by atoms with E-state index in [1.54, 1.807) is 6.07 Å². The lowest BCUT2D eigenvalue weighted by Crippen LogP contribution is -2.47. The van der Waals surface area contributed by atoms with Crippen molar-refractivity contribution in [3.05, 3.63) is 35.1 Å². The molecule has 2 N–H and O–H groups in total. The molecule has 2 nitrogen and oxygen atoms in total. The van der Waals surface area contributed by atoms with E-state index in [2.05, 4.69) is 5.32 Å². The first-order chi connectivity index (χ1) is 8.08. The summed E-state index contributed by atoms with van der Waals surface area (Å²) >= 11 is 0. The van der Waals surface area contributed by atoms with E-state index in [9.17, 15) is 9.50 Å². The summed E-state index contributed by atoms with van der Waals surface area (Å²) in [5, 5.41) is 14.3. The third kappa shape index (κ3) is 1.78. The first kappa shape index (κ1) is 11.2. The fourth-order valence-electron chi connectivity index (χ4n) is 3.55. The molecule has 3 heteroatoms. The third-order valence-corrected chi connectivity index (χ3v) is 4.19. The van der Waals surface area contributed by atoms with Crippen LogP contribution in [0.3, 0.4) is 0 Å². The highest BCUT2D eigenvalue weighted by Crippen LogP contribution is 2.42.